The molecule has 1 aromatic carbocycles. The molecule has 0 saturated heterocycles. The Bertz CT molecular complexity index is 484. The molecule has 1 atom stereocenters. The molecule has 7 nitrogen and oxygen atoms in total. The third-order valence-corrected chi connectivity index (χ3v) is 2.69. The van der Waals surface area contributed by atoms with Gasteiger partial charge in [0.25, 0.3) is 0 Å². The minimum Gasteiger partial charge on any atom is -0.508 e. The number of urea groups is 1. The van der Waals surface area contributed by atoms with Crippen molar-refractivity contribution in [2.45, 2.75) is 18.9 Å². The fraction of sp³-hybridized carbons (Fsp3) is 0.385. The summed E-state index contributed by atoms with van der Waals surface area (Å²) >= 11 is 0. The summed E-state index contributed by atoms with van der Waals surface area (Å²) in [6.45, 7) is 1.16. The number of aliphatic carboxylic acids is 1. The first kappa shape index (κ1) is 15.8. The van der Waals surface area contributed by atoms with Crippen LogP contribution in [0.3, 0.4) is 0 Å². The highest BCUT2D eigenvalue weighted by atomic mass is 16.4. The zero-order valence-corrected chi connectivity index (χ0v) is 11.3. The summed E-state index contributed by atoms with van der Waals surface area (Å²) in [5, 5.41) is 30.0. The number of anilines is 1. The van der Waals surface area contributed by atoms with Gasteiger partial charge in [0.05, 0.1) is 12.0 Å². The number of carbonyl (C=O) groups is 2. The van der Waals surface area contributed by atoms with Crippen LogP contribution in [0.5, 0.6) is 5.75 Å². The van der Waals surface area contributed by atoms with Gasteiger partial charge in [-0.25, -0.2) is 4.79 Å². The number of carboxylic acids is 1. The largest absolute Gasteiger partial charge is 0.508 e. The molecule has 1 unspecified atom stereocenters. The lowest BCUT2D eigenvalue weighted by atomic mass is 10.0. The SMILES string of the molecule is CN(C(=O)NCC(C)(O)CC(=O)O)c1ccc(O)cc1. The van der Waals surface area contributed by atoms with Crippen LogP contribution in [0.15, 0.2) is 24.3 Å². The lowest BCUT2D eigenvalue weighted by Gasteiger charge is -2.24. The highest BCUT2D eigenvalue weighted by Gasteiger charge is 2.25. The quantitative estimate of drug-likeness (QED) is 0.637. The lowest BCUT2D eigenvalue weighted by Crippen LogP contribution is -2.46. The molecule has 0 spiro atoms. The normalized spacial score (nSPS) is 13.3. The Balaban J connectivity index is 2.58. The molecule has 1 aromatic rings. The second kappa shape index (κ2) is 6.25. The summed E-state index contributed by atoms with van der Waals surface area (Å²) in [4.78, 5) is 23.7. The number of aromatic hydroxyl groups is 1. The number of carbonyl (C=O) groups excluding carboxylic acids is 1. The maximum Gasteiger partial charge on any atom is 0.321 e. The van der Waals surface area contributed by atoms with E-state index in [-0.39, 0.29) is 12.3 Å². The number of nitrogens with zero attached hydrogens (tertiary/aromatic N) is 1. The fourth-order valence-electron chi connectivity index (χ4n) is 1.57. The Hall–Kier alpha value is -2.28. The summed E-state index contributed by atoms with van der Waals surface area (Å²) < 4.78 is 0. The molecule has 0 aliphatic rings. The molecular weight excluding hydrogens is 264 g/mol. The Labute approximate surface area is 116 Å². The number of hydrogen-bond acceptors (Lipinski definition) is 4. The Kier molecular flexibility index (Phi) is 4.93. The van der Waals surface area contributed by atoms with Gasteiger partial charge in [0.2, 0.25) is 0 Å². The van der Waals surface area contributed by atoms with Gasteiger partial charge >= 0.3 is 12.0 Å². The van der Waals surface area contributed by atoms with Crippen LogP contribution in [0.25, 0.3) is 0 Å². The molecule has 0 aliphatic heterocycles. The zero-order valence-electron chi connectivity index (χ0n) is 11.3. The van der Waals surface area contributed by atoms with E-state index in [4.69, 9.17) is 10.2 Å². The predicted molar refractivity (Wildman–Crippen MR) is 72.8 cm³/mol. The van der Waals surface area contributed by atoms with E-state index in [1.165, 1.54) is 31.0 Å². The molecule has 0 saturated carbocycles. The number of rotatable bonds is 5. The highest BCUT2D eigenvalue weighted by molar-refractivity contribution is 5.91. The molecule has 2 amide bonds. The first-order valence-electron chi connectivity index (χ1n) is 5.96. The van der Waals surface area contributed by atoms with E-state index in [0.29, 0.717) is 5.69 Å². The van der Waals surface area contributed by atoms with Crippen molar-refractivity contribution in [3.8, 4) is 5.75 Å². The molecule has 20 heavy (non-hydrogen) atoms. The number of hydrogen-bond donors (Lipinski definition) is 4. The van der Waals surface area contributed by atoms with Gasteiger partial charge in [-0.15, -0.1) is 0 Å². The average Bonchev–Trinajstić information content (AvgIpc) is 2.34. The Morgan fingerprint density at radius 3 is 2.35 bits per heavy atom. The van der Waals surface area contributed by atoms with E-state index in [1.807, 2.05) is 0 Å². The first-order chi connectivity index (χ1) is 9.21. The van der Waals surface area contributed by atoms with Gasteiger partial charge in [0.15, 0.2) is 0 Å². The van der Waals surface area contributed by atoms with Gasteiger partial charge in [0.1, 0.15) is 5.75 Å². The number of nitrogens with one attached hydrogen (secondary N) is 1. The summed E-state index contributed by atoms with van der Waals surface area (Å²) in [5.74, 6) is -1.05. The minimum absolute atomic E-state index is 0.0898. The third kappa shape index (κ3) is 4.77. The Morgan fingerprint density at radius 1 is 1.30 bits per heavy atom. The van der Waals surface area contributed by atoms with Crippen LogP contribution in [0, 0.1) is 0 Å². The van der Waals surface area contributed by atoms with Crippen molar-refractivity contribution in [3.63, 3.8) is 0 Å². The first-order valence-corrected chi connectivity index (χ1v) is 5.96. The van der Waals surface area contributed by atoms with Crippen molar-refractivity contribution >= 4 is 17.7 Å². The number of aliphatic hydroxyl groups is 1. The number of phenols is 1. The Morgan fingerprint density at radius 2 is 1.85 bits per heavy atom. The maximum absolute atomic E-state index is 11.9. The van der Waals surface area contributed by atoms with Gasteiger partial charge in [0, 0.05) is 19.3 Å². The monoisotopic (exact) mass is 282 g/mol. The van der Waals surface area contributed by atoms with Gasteiger partial charge in [-0.3, -0.25) is 9.69 Å². The van der Waals surface area contributed by atoms with Crippen LogP contribution < -0.4 is 10.2 Å². The van der Waals surface area contributed by atoms with Crippen molar-refractivity contribution in [3.05, 3.63) is 24.3 Å². The highest BCUT2D eigenvalue weighted by Crippen LogP contribution is 2.17. The smallest absolute Gasteiger partial charge is 0.321 e. The minimum atomic E-state index is -1.52. The molecule has 4 N–H and O–H groups in total. The van der Waals surface area contributed by atoms with E-state index < -0.39 is 24.0 Å². The number of amides is 2. The summed E-state index contributed by atoms with van der Waals surface area (Å²) in [6, 6.07) is 5.52. The lowest BCUT2D eigenvalue weighted by molar-refractivity contribution is -0.141. The van der Waals surface area contributed by atoms with Crippen molar-refractivity contribution in [2.24, 2.45) is 0 Å². The summed E-state index contributed by atoms with van der Waals surface area (Å²) in [6.07, 6.45) is -0.462. The number of phenolic OH excluding ortho intramolecular Hbond substituents is 1. The van der Waals surface area contributed by atoms with Crippen LogP contribution in [-0.2, 0) is 4.79 Å². The number of carboxylic acid groups (broad SMARTS) is 1. The molecule has 0 radical (unpaired) electrons. The third-order valence-electron chi connectivity index (χ3n) is 2.69. The molecule has 1 rings (SSSR count). The van der Waals surface area contributed by atoms with E-state index in [9.17, 15) is 14.7 Å². The van der Waals surface area contributed by atoms with Gasteiger partial charge < -0.3 is 20.6 Å². The van der Waals surface area contributed by atoms with Crippen molar-refractivity contribution < 1.29 is 24.9 Å². The van der Waals surface area contributed by atoms with Crippen LogP contribution in [0.4, 0.5) is 10.5 Å². The second-order valence-corrected chi connectivity index (χ2v) is 4.80. The topological polar surface area (TPSA) is 110 Å². The maximum atomic E-state index is 11.9. The molecule has 0 fully saturated rings. The van der Waals surface area contributed by atoms with Crippen molar-refractivity contribution in [1.29, 1.82) is 0 Å². The van der Waals surface area contributed by atoms with Crippen LogP contribution in [0.1, 0.15) is 13.3 Å². The predicted octanol–water partition coefficient (Wildman–Crippen LogP) is 0.764. The number of benzene rings is 1. The molecule has 110 valence electrons. The van der Waals surface area contributed by atoms with Crippen LogP contribution >= 0.6 is 0 Å². The van der Waals surface area contributed by atoms with E-state index >= 15 is 0 Å². The molecule has 0 bridgehead atoms. The van der Waals surface area contributed by atoms with Crippen LogP contribution in [0.2, 0.25) is 0 Å². The van der Waals surface area contributed by atoms with Crippen molar-refractivity contribution in [1.82, 2.24) is 5.32 Å². The van der Waals surface area contributed by atoms with Crippen molar-refractivity contribution in [2.75, 3.05) is 18.5 Å². The molecular formula is C13H18N2O5. The average molecular weight is 282 g/mol. The van der Waals surface area contributed by atoms with Crippen LogP contribution in [-0.4, -0.2) is 46.5 Å². The second-order valence-electron chi connectivity index (χ2n) is 4.80. The van der Waals surface area contributed by atoms with E-state index in [0.717, 1.165) is 0 Å². The van der Waals surface area contributed by atoms with Gasteiger partial charge in [-0.2, -0.15) is 0 Å². The van der Waals surface area contributed by atoms with Gasteiger partial charge in [-0.05, 0) is 31.2 Å². The fourth-order valence-corrected chi connectivity index (χ4v) is 1.57. The van der Waals surface area contributed by atoms with Gasteiger partial charge in [-0.1, -0.05) is 0 Å². The molecule has 0 heterocycles. The summed E-state index contributed by atoms with van der Waals surface area (Å²) in [5.41, 5.74) is -0.963. The molecule has 0 aromatic heterocycles. The zero-order chi connectivity index (χ0) is 15.3. The van der Waals surface area contributed by atoms with E-state index in [2.05, 4.69) is 5.32 Å². The molecule has 7 heteroatoms. The van der Waals surface area contributed by atoms with E-state index in [1.54, 1.807) is 12.1 Å². The summed E-state index contributed by atoms with van der Waals surface area (Å²) in [7, 11) is 1.52. The standard InChI is InChI=1S/C13H18N2O5/c1-13(20,7-11(17)18)8-14-12(19)15(2)9-3-5-10(16)6-4-9/h3-6,16,20H,7-8H2,1-2H3,(H,14,19)(H,17,18). The molecule has 0 aliphatic carbocycles.